The number of pyridine rings is 1. The lowest BCUT2D eigenvalue weighted by atomic mass is 10.1. The summed E-state index contributed by atoms with van der Waals surface area (Å²) in [5.41, 5.74) is 1.33. The number of nitrogens with zero attached hydrogens (tertiary/aromatic N) is 1. The second-order valence-corrected chi connectivity index (χ2v) is 6.68. The monoisotopic (exact) mass is 461 g/mol. The fourth-order valence-corrected chi connectivity index (χ4v) is 3.51. The summed E-state index contributed by atoms with van der Waals surface area (Å²) in [5, 5.41) is 0. The second-order valence-electron chi connectivity index (χ2n) is 4.05. The first-order valence-electron chi connectivity index (χ1n) is 5.68. The van der Waals surface area contributed by atoms with Crippen LogP contribution in [0.5, 0.6) is 5.75 Å². The van der Waals surface area contributed by atoms with Crippen LogP contribution in [0.2, 0.25) is 0 Å². The van der Waals surface area contributed by atoms with Crippen molar-refractivity contribution in [2.45, 2.75) is 6.42 Å². The highest BCUT2D eigenvalue weighted by molar-refractivity contribution is 9.11. The van der Waals surface area contributed by atoms with Gasteiger partial charge in [-0.25, -0.2) is 0 Å². The number of rotatable bonds is 4. The van der Waals surface area contributed by atoms with Gasteiger partial charge in [-0.2, -0.15) is 0 Å². The molecular formula is C14H10Br3NO2. The van der Waals surface area contributed by atoms with E-state index in [-0.39, 0.29) is 12.2 Å². The van der Waals surface area contributed by atoms with Gasteiger partial charge in [-0.15, -0.1) is 0 Å². The summed E-state index contributed by atoms with van der Waals surface area (Å²) in [5.74, 6) is 0.700. The number of ketones is 1. The van der Waals surface area contributed by atoms with Gasteiger partial charge in [0.05, 0.1) is 11.6 Å². The van der Waals surface area contributed by atoms with Gasteiger partial charge in [0.25, 0.3) is 0 Å². The minimum Gasteiger partial charge on any atom is -0.496 e. The molecule has 104 valence electrons. The summed E-state index contributed by atoms with van der Waals surface area (Å²) in [4.78, 5) is 16.4. The maximum absolute atomic E-state index is 12.3. The number of carbonyl (C=O) groups excluding carboxylic acids is 1. The molecule has 0 spiro atoms. The average molecular weight is 464 g/mol. The van der Waals surface area contributed by atoms with Crippen LogP contribution in [0.4, 0.5) is 0 Å². The average Bonchev–Trinajstić information content (AvgIpc) is 2.38. The quantitative estimate of drug-likeness (QED) is 0.611. The van der Waals surface area contributed by atoms with Crippen LogP contribution < -0.4 is 4.74 Å². The van der Waals surface area contributed by atoms with Crippen molar-refractivity contribution in [2.24, 2.45) is 0 Å². The van der Waals surface area contributed by atoms with E-state index in [2.05, 4.69) is 52.8 Å². The molecule has 20 heavy (non-hydrogen) atoms. The highest BCUT2D eigenvalue weighted by Crippen LogP contribution is 2.27. The van der Waals surface area contributed by atoms with Crippen molar-refractivity contribution >= 4 is 53.6 Å². The molecule has 1 aromatic carbocycles. The normalized spacial score (nSPS) is 10.4. The molecule has 0 aliphatic carbocycles. The molecule has 0 aliphatic rings. The standard InChI is InChI=1S/C14H10Br3NO2/c1-20-13-3-2-8(4-10(13)16)5-12(19)14-11(17)6-9(15)7-18-14/h2-4,6-7H,5H2,1H3. The third-order valence-electron chi connectivity index (χ3n) is 2.65. The highest BCUT2D eigenvalue weighted by atomic mass is 79.9. The highest BCUT2D eigenvalue weighted by Gasteiger charge is 2.13. The second kappa shape index (κ2) is 6.83. The minimum atomic E-state index is -0.0403. The van der Waals surface area contributed by atoms with E-state index in [0.29, 0.717) is 10.2 Å². The molecule has 1 heterocycles. The zero-order valence-electron chi connectivity index (χ0n) is 10.5. The van der Waals surface area contributed by atoms with Crippen LogP contribution in [-0.2, 0) is 6.42 Å². The third-order valence-corrected chi connectivity index (χ3v) is 4.31. The van der Waals surface area contributed by atoms with Crippen LogP contribution in [0.1, 0.15) is 16.1 Å². The number of methoxy groups -OCH3 is 1. The van der Waals surface area contributed by atoms with Crippen molar-refractivity contribution in [1.29, 1.82) is 0 Å². The Hall–Kier alpha value is -0.720. The number of aromatic nitrogens is 1. The Kier molecular flexibility index (Phi) is 5.35. The number of ether oxygens (including phenoxy) is 1. The molecule has 2 aromatic rings. The fraction of sp³-hybridized carbons (Fsp3) is 0.143. The number of benzene rings is 1. The molecule has 3 nitrogen and oxygen atoms in total. The number of carbonyl (C=O) groups is 1. The Morgan fingerprint density at radius 3 is 2.55 bits per heavy atom. The first-order chi connectivity index (χ1) is 9.51. The molecule has 2 rings (SSSR count). The summed E-state index contributed by atoms with van der Waals surface area (Å²) in [6.07, 6.45) is 1.90. The third kappa shape index (κ3) is 3.68. The van der Waals surface area contributed by atoms with Gasteiger partial charge < -0.3 is 4.74 Å². The molecule has 0 saturated heterocycles. The first-order valence-corrected chi connectivity index (χ1v) is 8.06. The van der Waals surface area contributed by atoms with E-state index in [1.807, 2.05) is 24.3 Å². The van der Waals surface area contributed by atoms with E-state index in [9.17, 15) is 4.79 Å². The van der Waals surface area contributed by atoms with Crippen molar-refractivity contribution in [2.75, 3.05) is 7.11 Å². The van der Waals surface area contributed by atoms with Crippen LogP contribution in [-0.4, -0.2) is 17.9 Å². The fourth-order valence-electron chi connectivity index (χ4n) is 1.71. The number of halogens is 3. The van der Waals surface area contributed by atoms with Crippen LogP contribution in [0.15, 0.2) is 43.9 Å². The summed E-state index contributed by atoms with van der Waals surface area (Å²) in [6.45, 7) is 0. The Morgan fingerprint density at radius 1 is 1.20 bits per heavy atom. The van der Waals surface area contributed by atoms with Crippen molar-refractivity contribution in [3.8, 4) is 5.75 Å². The summed E-state index contributed by atoms with van der Waals surface area (Å²) < 4.78 is 7.50. The van der Waals surface area contributed by atoms with Gasteiger partial charge in [-0.05, 0) is 71.6 Å². The Labute approximate surface area is 142 Å². The molecule has 6 heteroatoms. The number of hydrogen-bond donors (Lipinski definition) is 0. The van der Waals surface area contributed by atoms with E-state index in [1.54, 1.807) is 13.3 Å². The predicted molar refractivity (Wildman–Crippen MR) is 88.4 cm³/mol. The van der Waals surface area contributed by atoms with Crippen LogP contribution in [0.3, 0.4) is 0 Å². The zero-order chi connectivity index (χ0) is 14.7. The molecule has 0 fully saturated rings. The van der Waals surface area contributed by atoms with Crippen molar-refractivity contribution < 1.29 is 9.53 Å². The molecule has 0 unspecified atom stereocenters. The van der Waals surface area contributed by atoms with Crippen molar-refractivity contribution in [3.63, 3.8) is 0 Å². The van der Waals surface area contributed by atoms with E-state index in [4.69, 9.17) is 4.74 Å². The molecule has 0 amide bonds. The molecule has 0 radical (unpaired) electrons. The van der Waals surface area contributed by atoms with E-state index in [1.165, 1.54) is 0 Å². The molecule has 0 saturated carbocycles. The maximum atomic E-state index is 12.3. The van der Waals surface area contributed by atoms with Gasteiger partial charge in [-0.3, -0.25) is 9.78 Å². The molecule has 0 aliphatic heterocycles. The summed E-state index contributed by atoms with van der Waals surface area (Å²) in [6, 6.07) is 7.39. The Bertz CT molecular complexity index is 659. The largest absolute Gasteiger partial charge is 0.496 e. The first kappa shape index (κ1) is 15.7. The zero-order valence-corrected chi connectivity index (χ0v) is 15.2. The van der Waals surface area contributed by atoms with E-state index >= 15 is 0 Å². The van der Waals surface area contributed by atoms with Gasteiger partial charge in [-0.1, -0.05) is 6.07 Å². The smallest absolute Gasteiger partial charge is 0.186 e. The minimum absolute atomic E-state index is 0.0403. The molecule has 0 bridgehead atoms. The summed E-state index contributed by atoms with van der Waals surface area (Å²) >= 11 is 10.1. The van der Waals surface area contributed by atoms with Gasteiger partial charge in [0.15, 0.2) is 5.78 Å². The van der Waals surface area contributed by atoms with Crippen LogP contribution in [0.25, 0.3) is 0 Å². The maximum Gasteiger partial charge on any atom is 0.186 e. The lowest BCUT2D eigenvalue weighted by molar-refractivity contribution is 0.0987. The van der Waals surface area contributed by atoms with Crippen LogP contribution >= 0.6 is 47.8 Å². The lowest BCUT2D eigenvalue weighted by Crippen LogP contribution is -2.07. The predicted octanol–water partition coefficient (Wildman–Crippen LogP) is 4.80. The van der Waals surface area contributed by atoms with Gasteiger partial charge in [0.2, 0.25) is 0 Å². The van der Waals surface area contributed by atoms with Gasteiger partial charge >= 0.3 is 0 Å². The molecule has 0 atom stereocenters. The van der Waals surface area contributed by atoms with Crippen LogP contribution in [0, 0.1) is 0 Å². The number of Topliss-reactive ketones (excluding diaryl/α,β-unsaturated/α-hetero) is 1. The molecule has 1 aromatic heterocycles. The molecule has 0 N–H and O–H groups in total. The van der Waals surface area contributed by atoms with E-state index < -0.39 is 0 Å². The lowest BCUT2D eigenvalue weighted by Gasteiger charge is -2.07. The Balaban J connectivity index is 2.21. The Morgan fingerprint density at radius 2 is 1.95 bits per heavy atom. The molecular weight excluding hydrogens is 454 g/mol. The van der Waals surface area contributed by atoms with Gasteiger partial charge in [0, 0.05) is 21.6 Å². The van der Waals surface area contributed by atoms with Crippen molar-refractivity contribution in [1.82, 2.24) is 4.98 Å². The SMILES string of the molecule is COc1ccc(CC(=O)c2ncc(Br)cc2Br)cc1Br. The topological polar surface area (TPSA) is 39.2 Å². The van der Waals surface area contributed by atoms with Crippen molar-refractivity contribution in [3.05, 3.63) is 55.1 Å². The van der Waals surface area contributed by atoms with Gasteiger partial charge in [0.1, 0.15) is 11.4 Å². The van der Waals surface area contributed by atoms with E-state index in [0.717, 1.165) is 20.3 Å². The number of hydrogen-bond acceptors (Lipinski definition) is 3. The summed E-state index contributed by atoms with van der Waals surface area (Å²) in [7, 11) is 1.60.